The number of hydrogen-bond donors (Lipinski definition) is 1. The van der Waals surface area contributed by atoms with Crippen molar-refractivity contribution >= 4 is 28.3 Å². The van der Waals surface area contributed by atoms with Gasteiger partial charge in [-0.2, -0.15) is 0 Å². The number of piperidine rings is 1. The molecule has 1 fully saturated rings. The summed E-state index contributed by atoms with van der Waals surface area (Å²) in [5, 5.41) is 4.74. The van der Waals surface area contributed by atoms with Crippen molar-refractivity contribution in [1.82, 2.24) is 9.88 Å². The van der Waals surface area contributed by atoms with Crippen molar-refractivity contribution in [2.24, 2.45) is 5.92 Å². The van der Waals surface area contributed by atoms with Crippen molar-refractivity contribution in [3.63, 3.8) is 0 Å². The van der Waals surface area contributed by atoms with Gasteiger partial charge in [0, 0.05) is 48.0 Å². The molecule has 0 radical (unpaired) electrons. The lowest BCUT2D eigenvalue weighted by molar-refractivity contribution is -0.121. The number of fused-ring (bicyclic) bond motifs is 1. The summed E-state index contributed by atoms with van der Waals surface area (Å²) < 4.78 is 5.42. The molecule has 0 aliphatic carbocycles. The van der Waals surface area contributed by atoms with Crippen LogP contribution in [0.2, 0.25) is 0 Å². The van der Waals surface area contributed by atoms with Crippen LogP contribution in [-0.4, -0.2) is 41.9 Å². The van der Waals surface area contributed by atoms with Crippen LogP contribution in [0.5, 0.6) is 5.75 Å². The number of nitrogens with zero attached hydrogens (tertiary/aromatic N) is 2. The molecule has 0 unspecified atom stereocenters. The van der Waals surface area contributed by atoms with Crippen LogP contribution in [0, 0.1) is 5.92 Å². The van der Waals surface area contributed by atoms with E-state index in [1.165, 1.54) is 0 Å². The number of likely N-dealkylation sites (tertiary alicyclic amines) is 1. The number of anilines is 1. The Morgan fingerprint density at radius 2 is 1.69 bits per heavy atom. The molecule has 1 aliphatic rings. The molecule has 4 rings (SSSR count). The SMILES string of the molecule is COc1ccc(C(=O)N2CCC(C(=O)Nc3ccncc3)CC2)c2ccccc12. The lowest BCUT2D eigenvalue weighted by Gasteiger charge is -2.31. The van der Waals surface area contributed by atoms with Crippen LogP contribution in [0.25, 0.3) is 10.8 Å². The van der Waals surface area contributed by atoms with E-state index >= 15 is 0 Å². The first-order chi connectivity index (χ1) is 14.2. The zero-order valence-electron chi connectivity index (χ0n) is 16.3. The van der Waals surface area contributed by atoms with Crippen molar-refractivity contribution in [2.75, 3.05) is 25.5 Å². The van der Waals surface area contributed by atoms with Crippen molar-refractivity contribution in [3.8, 4) is 5.75 Å². The van der Waals surface area contributed by atoms with Crippen molar-refractivity contribution in [1.29, 1.82) is 0 Å². The molecule has 1 aliphatic heterocycles. The second kappa shape index (κ2) is 8.31. The van der Waals surface area contributed by atoms with E-state index in [9.17, 15) is 9.59 Å². The number of hydrogen-bond acceptors (Lipinski definition) is 4. The lowest BCUT2D eigenvalue weighted by Crippen LogP contribution is -2.41. The van der Waals surface area contributed by atoms with Crippen LogP contribution in [0.1, 0.15) is 23.2 Å². The summed E-state index contributed by atoms with van der Waals surface area (Å²) in [5.41, 5.74) is 1.41. The number of methoxy groups -OCH3 is 1. The van der Waals surface area contributed by atoms with E-state index in [0.29, 0.717) is 31.5 Å². The number of carbonyl (C=O) groups excluding carboxylic acids is 2. The van der Waals surface area contributed by atoms with Gasteiger partial charge in [-0.3, -0.25) is 14.6 Å². The Hall–Kier alpha value is -3.41. The number of rotatable bonds is 4. The summed E-state index contributed by atoms with van der Waals surface area (Å²) in [5.74, 6) is 0.651. The molecule has 3 aromatic rings. The largest absolute Gasteiger partial charge is 0.496 e. The van der Waals surface area contributed by atoms with Gasteiger partial charge in [0.2, 0.25) is 5.91 Å². The molecule has 0 atom stereocenters. The van der Waals surface area contributed by atoms with Crippen LogP contribution < -0.4 is 10.1 Å². The highest BCUT2D eigenvalue weighted by Crippen LogP contribution is 2.30. The molecule has 0 bridgehead atoms. The van der Waals surface area contributed by atoms with Gasteiger partial charge in [0.1, 0.15) is 5.75 Å². The Bertz CT molecular complexity index is 1030. The molecule has 1 aromatic heterocycles. The predicted molar refractivity (Wildman–Crippen MR) is 112 cm³/mol. The fraction of sp³-hybridized carbons (Fsp3) is 0.261. The molecule has 6 heteroatoms. The van der Waals surface area contributed by atoms with Gasteiger partial charge in [-0.25, -0.2) is 0 Å². The van der Waals surface area contributed by atoms with Crippen LogP contribution in [0.4, 0.5) is 5.69 Å². The van der Waals surface area contributed by atoms with Gasteiger partial charge in [0.25, 0.3) is 5.91 Å². The highest BCUT2D eigenvalue weighted by Gasteiger charge is 2.28. The average molecular weight is 389 g/mol. The number of carbonyl (C=O) groups is 2. The van der Waals surface area contributed by atoms with Gasteiger partial charge in [0.15, 0.2) is 0 Å². The molecular formula is C23H23N3O3. The standard InChI is InChI=1S/C23H23N3O3/c1-29-21-7-6-20(18-4-2-3-5-19(18)21)23(28)26-14-10-16(11-15-26)22(27)25-17-8-12-24-13-9-17/h2-9,12-13,16H,10-11,14-15H2,1H3,(H,24,25,27). The summed E-state index contributed by atoms with van der Waals surface area (Å²) in [6.45, 7) is 1.13. The second-order valence-electron chi connectivity index (χ2n) is 7.15. The van der Waals surface area contributed by atoms with Crippen LogP contribution >= 0.6 is 0 Å². The molecule has 2 aromatic carbocycles. The monoisotopic (exact) mass is 389 g/mol. The van der Waals surface area contributed by atoms with Gasteiger partial charge in [-0.15, -0.1) is 0 Å². The van der Waals surface area contributed by atoms with E-state index in [2.05, 4.69) is 10.3 Å². The molecule has 29 heavy (non-hydrogen) atoms. The maximum absolute atomic E-state index is 13.2. The number of pyridine rings is 1. The molecule has 0 saturated carbocycles. The minimum absolute atomic E-state index is 0.00167. The van der Waals surface area contributed by atoms with Gasteiger partial charge >= 0.3 is 0 Å². The zero-order valence-corrected chi connectivity index (χ0v) is 16.3. The minimum Gasteiger partial charge on any atom is -0.496 e. The third kappa shape index (κ3) is 3.92. The Morgan fingerprint density at radius 1 is 1.00 bits per heavy atom. The number of aromatic nitrogens is 1. The number of ether oxygens (including phenoxy) is 1. The quantitative estimate of drug-likeness (QED) is 0.738. The number of benzene rings is 2. The maximum atomic E-state index is 13.2. The maximum Gasteiger partial charge on any atom is 0.254 e. The average Bonchev–Trinajstić information content (AvgIpc) is 2.78. The minimum atomic E-state index is -0.0974. The lowest BCUT2D eigenvalue weighted by atomic mass is 9.94. The van der Waals surface area contributed by atoms with Gasteiger partial charge in [-0.05, 0) is 42.5 Å². The zero-order chi connectivity index (χ0) is 20.2. The second-order valence-corrected chi connectivity index (χ2v) is 7.15. The Balaban J connectivity index is 1.44. The number of nitrogens with one attached hydrogen (secondary N) is 1. The van der Waals surface area contributed by atoms with Crippen LogP contribution in [-0.2, 0) is 4.79 Å². The first kappa shape index (κ1) is 18.9. The van der Waals surface area contributed by atoms with Gasteiger partial charge in [-0.1, -0.05) is 24.3 Å². The van der Waals surface area contributed by atoms with Gasteiger partial charge in [0.05, 0.1) is 7.11 Å². The fourth-order valence-corrected chi connectivity index (χ4v) is 3.83. The van der Waals surface area contributed by atoms with E-state index in [1.54, 1.807) is 31.6 Å². The Labute approximate surface area is 169 Å². The third-order valence-corrected chi connectivity index (χ3v) is 5.44. The molecule has 1 N–H and O–H groups in total. The number of amides is 2. The predicted octanol–water partition coefficient (Wildman–Crippen LogP) is 3.73. The van der Waals surface area contributed by atoms with Crippen molar-refractivity contribution in [3.05, 3.63) is 66.5 Å². The highest BCUT2D eigenvalue weighted by atomic mass is 16.5. The van der Waals surface area contributed by atoms with E-state index in [4.69, 9.17) is 4.74 Å². The Morgan fingerprint density at radius 3 is 2.38 bits per heavy atom. The van der Waals surface area contributed by atoms with E-state index in [1.807, 2.05) is 41.3 Å². The molecule has 0 spiro atoms. The van der Waals surface area contributed by atoms with E-state index < -0.39 is 0 Å². The van der Waals surface area contributed by atoms with Crippen molar-refractivity contribution < 1.29 is 14.3 Å². The first-order valence-corrected chi connectivity index (χ1v) is 9.73. The van der Waals surface area contributed by atoms with Crippen LogP contribution in [0.3, 0.4) is 0 Å². The van der Waals surface area contributed by atoms with Crippen molar-refractivity contribution in [2.45, 2.75) is 12.8 Å². The molecule has 1 saturated heterocycles. The first-order valence-electron chi connectivity index (χ1n) is 9.73. The topological polar surface area (TPSA) is 71.5 Å². The summed E-state index contributed by atoms with van der Waals surface area (Å²) in [7, 11) is 1.63. The van der Waals surface area contributed by atoms with Gasteiger partial charge < -0.3 is 15.0 Å². The fourth-order valence-electron chi connectivity index (χ4n) is 3.83. The Kier molecular flexibility index (Phi) is 5.42. The van der Waals surface area contributed by atoms with Crippen LogP contribution in [0.15, 0.2) is 60.9 Å². The summed E-state index contributed by atoms with van der Waals surface area (Å²) in [6, 6.07) is 15.0. The molecule has 2 amide bonds. The summed E-state index contributed by atoms with van der Waals surface area (Å²) in [6.07, 6.45) is 4.60. The normalized spacial score (nSPS) is 14.6. The summed E-state index contributed by atoms with van der Waals surface area (Å²) >= 11 is 0. The highest BCUT2D eigenvalue weighted by molar-refractivity contribution is 6.08. The third-order valence-electron chi connectivity index (χ3n) is 5.44. The smallest absolute Gasteiger partial charge is 0.254 e. The molecule has 2 heterocycles. The van der Waals surface area contributed by atoms with E-state index in [0.717, 1.165) is 22.2 Å². The molecule has 6 nitrogen and oxygen atoms in total. The van der Waals surface area contributed by atoms with E-state index in [-0.39, 0.29) is 17.7 Å². The molecule has 148 valence electrons. The summed E-state index contributed by atoms with van der Waals surface area (Å²) in [4.78, 5) is 31.5. The molecular weight excluding hydrogens is 366 g/mol.